The Hall–Kier alpha value is -1.54. The Kier molecular flexibility index (Phi) is 3.90. The molecule has 1 fully saturated rings. The molecule has 0 radical (unpaired) electrons. The molecule has 1 aliphatic heterocycles. The number of rotatable bonds is 4. The molecule has 0 saturated carbocycles. The molecule has 0 amide bonds. The van der Waals surface area contributed by atoms with Crippen molar-refractivity contribution in [1.29, 1.82) is 0 Å². The standard InChI is InChI=1S/C14H14F3N3OS/c1-8-3-9(2)12(22-6-10-5-21-10)4-11(8)20-7-18-13(19-20)14(15,16)17/h3-4,7,10H,5-6H2,1-2H3. The predicted octanol–water partition coefficient (Wildman–Crippen LogP) is 3.39. The van der Waals surface area contributed by atoms with Crippen molar-refractivity contribution in [3.8, 4) is 5.69 Å². The molecule has 0 spiro atoms. The van der Waals surface area contributed by atoms with Crippen LogP contribution in [0.4, 0.5) is 13.2 Å². The van der Waals surface area contributed by atoms with Crippen LogP contribution in [-0.2, 0) is 10.9 Å². The van der Waals surface area contributed by atoms with Crippen LogP contribution in [-0.4, -0.2) is 33.2 Å². The van der Waals surface area contributed by atoms with Gasteiger partial charge in [0.2, 0.25) is 0 Å². The molecule has 2 heterocycles. The average Bonchev–Trinajstić information content (AvgIpc) is 3.11. The van der Waals surface area contributed by atoms with Crippen molar-refractivity contribution in [3.63, 3.8) is 0 Å². The fourth-order valence-electron chi connectivity index (χ4n) is 2.08. The zero-order chi connectivity index (χ0) is 15.9. The van der Waals surface area contributed by atoms with Gasteiger partial charge in [0.15, 0.2) is 0 Å². The van der Waals surface area contributed by atoms with E-state index in [4.69, 9.17) is 4.74 Å². The number of halogens is 3. The van der Waals surface area contributed by atoms with Gasteiger partial charge in [-0.25, -0.2) is 9.67 Å². The molecule has 2 aromatic rings. The number of nitrogens with zero attached hydrogens (tertiary/aromatic N) is 3. The number of epoxide rings is 1. The van der Waals surface area contributed by atoms with E-state index >= 15 is 0 Å². The molecular formula is C14H14F3N3OS. The summed E-state index contributed by atoms with van der Waals surface area (Å²) in [5, 5.41) is 3.54. The molecule has 0 N–H and O–H groups in total. The van der Waals surface area contributed by atoms with Gasteiger partial charge in [0, 0.05) is 10.6 Å². The van der Waals surface area contributed by atoms with Gasteiger partial charge in [-0.05, 0) is 31.0 Å². The van der Waals surface area contributed by atoms with Gasteiger partial charge in [0.05, 0.1) is 18.4 Å². The fourth-order valence-corrected chi connectivity index (χ4v) is 3.12. The summed E-state index contributed by atoms with van der Waals surface area (Å²) >= 11 is 1.64. The monoisotopic (exact) mass is 329 g/mol. The second kappa shape index (κ2) is 5.58. The summed E-state index contributed by atoms with van der Waals surface area (Å²) in [6, 6.07) is 3.80. The van der Waals surface area contributed by atoms with Crippen LogP contribution in [0, 0.1) is 13.8 Å². The third-order valence-corrected chi connectivity index (χ3v) is 4.60. The van der Waals surface area contributed by atoms with Crippen LogP contribution < -0.4 is 0 Å². The Morgan fingerprint density at radius 1 is 1.32 bits per heavy atom. The first-order valence-electron chi connectivity index (χ1n) is 6.69. The summed E-state index contributed by atoms with van der Waals surface area (Å²) in [5.74, 6) is -0.290. The van der Waals surface area contributed by atoms with Crippen LogP contribution in [0.15, 0.2) is 23.4 Å². The molecule has 1 saturated heterocycles. The normalized spacial score (nSPS) is 17.8. The summed E-state index contributed by atoms with van der Waals surface area (Å²) in [7, 11) is 0. The molecular weight excluding hydrogens is 315 g/mol. The van der Waals surface area contributed by atoms with E-state index in [2.05, 4.69) is 10.1 Å². The fraction of sp³-hybridized carbons (Fsp3) is 0.429. The molecule has 1 aromatic carbocycles. The summed E-state index contributed by atoms with van der Waals surface area (Å²) in [4.78, 5) is 4.36. The number of hydrogen-bond acceptors (Lipinski definition) is 4. The van der Waals surface area contributed by atoms with Gasteiger partial charge in [-0.15, -0.1) is 16.9 Å². The Balaban J connectivity index is 1.91. The molecule has 1 aromatic heterocycles. The number of alkyl halides is 3. The second-order valence-corrected chi connectivity index (χ2v) is 6.24. The second-order valence-electron chi connectivity index (χ2n) is 5.18. The minimum atomic E-state index is -4.54. The number of ether oxygens (including phenoxy) is 1. The van der Waals surface area contributed by atoms with Crippen molar-refractivity contribution in [2.45, 2.75) is 31.0 Å². The Labute approximate surface area is 129 Å². The first-order chi connectivity index (χ1) is 10.3. The molecule has 118 valence electrons. The van der Waals surface area contributed by atoms with Crippen LogP contribution in [0.3, 0.4) is 0 Å². The first kappa shape index (κ1) is 15.4. The predicted molar refractivity (Wildman–Crippen MR) is 76.3 cm³/mol. The maximum atomic E-state index is 12.6. The van der Waals surface area contributed by atoms with E-state index in [9.17, 15) is 13.2 Å². The van der Waals surface area contributed by atoms with Gasteiger partial charge in [0.1, 0.15) is 6.33 Å². The third-order valence-electron chi connectivity index (χ3n) is 3.31. The first-order valence-corrected chi connectivity index (χ1v) is 7.68. The molecule has 22 heavy (non-hydrogen) atoms. The lowest BCUT2D eigenvalue weighted by atomic mass is 10.1. The molecule has 3 rings (SSSR count). The van der Waals surface area contributed by atoms with Crippen molar-refractivity contribution in [3.05, 3.63) is 35.4 Å². The van der Waals surface area contributed by atoms with E-state index in [1.807, 2.05) is 26.0 Å². The molecule has 4 nitrogen and oxygen atoms in total. The minimum absolute atomic E-state index is 0.289. The van der Waals surface area contributed by atoms with E-state index in [1.54, 1.807) is 11.8 Å². The molecule has 0 bridgehead atoms. The van der Waals surface area contributed by atoms with Crippen molar-refractivity contribution < 1.29 is 17.9 Å². The molecule has 0 aliphatic carbocycles. The van der Waals surface area contributed by atoms with Gasteiger partial charge in [-0.2, -0.15) is 13.2 Å². The molecule has 1 unspecified atom stereocenters. The lowest BCUT2D eigenvalue weighted by Gasteiger charge is -2.11. The third kappa shape index (κ3) is 3.27. The van der Waals surface area contributed by atoms with Crippen molar-refractivity contribution in [2.75, 3.05) is 12.4 Å². The van der Waals surface area contributed by atoms with Gasteiger partial charge in [0.25, 0.3) is 5.82 Å². The zero-order valence-corrected chi connectivity index (χ0v) is 12.8. The minimum Gasteiger partial charge on any atom is -0.372 e. The number of hydrogen-bond donors (Lipinski definition) is 0. The van der Waals surface area contributed by atoms with E-state index in [1.165, 1.54) is 4.68 Å². The number of thioether (sulfide) groups is 1. The van der Waals surface area contributed by atoms with Crippen molar-refractivity contribution >= 4 is 11.8 Å². The quantitative estimate of drug-likeness (QED) is 0.637. The summed E-state index contributed by atoms with van der Waals surface area (Å²) in [6.07, 6.45) is -3.15. The highest BCUT2D eigenvalue weighted by atomic mass is 32.2. The van der Waals surface area contributed by atoms with Gasteiger partial charge < -0.3 is 4.74 Å². The number of aromatic nitrogens is 3. The molecule has 1 atom stereocenters. The highest BCUT2D eigenvalue weighted by molar-refractivity contribution is 7.99. The lowest BCUT2D eigenvalue weighted by molar-refractivity contribution is -0.144. The van der Waals surface area contributed by atoms with E-state index < -0.39 is 12.0 Å². The Bertz CT molecular complexity index is 695. The number of aryl methyl sites for hydroxylation is 2. The number of benzene rings is 1. The van der Waals surface area contributed by atoms with E-state index in [-0.39, 0.29) is 6.10 Å². The summed E-state index contributed by atoms with van der Waals surface area (Å²) in [6.45, 7) is 4.61. The van der Waals surface area contributed by atoms with Gasteiger partial charge >= 0.3 is 6.18 Å². The average molecular weight is 329 g/mol. The van der Waals surface area contributed by atoms with E-state index in [0.29, 0.717) is 5.69 Å². The lowest BCUT2D eigenvalue weighted by Crippen LogP contribution is -2.09. The van der Waals surface area contributed by atoms with E-state index in [0.717, 1.165) is 34.7 Å². The maximum Gasteiger partial charge on any atom is 0.453 e. The maximum absolute atomic E-state index is 12.6. The van der Waals surface area contributed by atoms with Crippen molar-refractivity contribution in [2.24, 2.45) is 0 Å². The van der Waals surface area contributed by atoms with Crippen LogP contribution in [0.25, 0.3) is 5.69 Å². The van der Waals surface area contributed by atoms with Crippen LogP contribution in [0.5, 0.6) is 0 Å². The summed E-state index contributed by atoms with van der Waals surface area (Å²) in [5.41, 5.74) is 2.54. The van der Waals surface area contributed by atoms with Gasteiger partial charge in [-0.3, -0.25) is 0 Å². The largest absolute Gasteiger partial charge is 0.453 e. The highest BCUT2D eigenvalue weighted by Crippen LogP contribution is 2.31. The van der Waals surface area contributed by atoms with Gasteiger partial charge in [-0.1, -0.05) is 6.07 Å². The molecule has 8 heteroatoms. The molecule has 1 aliphatic rings. The zero-order valence-electron chi connectivity index (χ0n) is 12.0. The topological polar surface area (TPSA) is 43.2 Å². The van der Waals surface area contributed by atoms with Crippen LogP contribution in [0.2, 0.25) is 0 Å². The Morgan fingerprint density at radius 2 is 2.05 bits per heavy atom. The summed E-state index contributed by atoms with van der Waals surface area (Å²) < 4.78 is 44.2. The highest BCUT2D eigenvalue weighted by Gasteiger charge is 2.36. The smallest absolute Gasteiger partial charge is 0.372 e. The SMILES string of the molecule is Cc1cc(C)c(-n2cnc(C(F)(F)F)n2)cc1SCC1CO1. The van der Waals surface area contributed by atoms with Crippen molar-refractivity contribution in [1.82, 2.24) is 14.8 Å². The van der Waals surface area contributed by atoms with Crippen LogP contribution >= 0.6 is 11.8 Å². The van der Waals surface area contributed by atoms with Crippen LogP contribution in [0.1, 0.15) is 17.0 Å². The Morgan fingerprint density at radius 3 is 2.64 bits per heavy atom.